The van der Waals surface area contributed by atoms with Gasteiger partial charge < -0.3 is 9.47 Å². The lowest BCUT2D eigenvalue weighted by molar-refractivity contribution is 0.355. The lowest BCUT2D eigenvalue weighted by atomic mass is 10.1. The molecule has 0 spiro atoms. The maximum atomic E-state index is 9.24. The molecular formula is C18H18N2O2. The first-order valence-corrected chi connectivity index (χ1v) is 6.95. The molecule has 4 heteroatoms. The summed E-state index contributed by atoms with van der Waals surface area (Å²) < 4.78 is 10.4. The van der Waals surface area contributed by atoms with E-state index in [1.165, 1.54) is 0 Å². The summed E-state index contributed by atoms with van der Waals surface area (Å²) in [5.41, 5.74) is 1.96. The van der Waals surface area contributed by atoms with Crippen molar-refractivity contribution in [3.63, 3.8) is 0 Å². The van der Waals surface area contributed by atoms with Crippen LogP contribution in [0.1, 0.15) is 11.1 Å². The second kappa shape index (κ2) is 7.84. The molecule has 112 valence electrons. The summed E-state index contributed by atoms with van der Waals surface area (Å²) in [5, 5.41) is 9.24. The summed E-state index contributed by atoms with van der Waals surface area (Å²) in [6.45, 7) is 0. The van der Waals surface area contributed by atoms with Crippen LogP contribution in [0, 0.1) is 11.3 Å². The molecule has 0 aliphatic rings. The molecule has 0 aromatic heterocycles. The molecule has 0 unspecified atom stereocenters. The minimum Gasteiger partial charge on any atom is -0.493 e. The van der Waals surface area contributed by atoms with Gasteiger partial charge in [-0.05, 0) is 29.3 Å². The number of hydrogen-bond acceptors (Lipinski definition) is 4. The van der Waals surface area contributed by atoms with Crippen molar-refractivity contribution in [1.82, 2.24) is 0 Å². The summed E-state index contributed by atoms with van der Waals surface area (Å²) in [6.07, 6.45) is 2.29. The van der Waals surface area contributed by atoms with Crippen LogP contribution in [0.4, 0.5) is 0 Å². The van der Waals surface area contributed by atoms with Gasteiger partial charge in [0.1, 0.15) is 6.04 Å². The largest absolute Gasteiger partial charge is 0.493 e. The lowest BCUT2D eigenvalue weighted by Gasteiger charge is -2.08. The highest BCUT2D eigenvalue weighted by Gasteiger charge is 2.06. The molecule has 0 N–H and O–H groups in total. The van der Waals surface area contributed by atoms with Crippen LogP contribution in [0.2, 0.25) is 0 Å². The van der Waals surface area contributed by atoms with Crippen LogP contribution in [0.15, 0.2) is 53.5 Å². The maximum Gasteiger partial charge on any atom is 0.161 e. The average molecular weight is 294 g/mol. The first kappa shape index (κ1) is 15.6. The molecular weight excluding hydrogens is 276 g/mol. The standard InChI is InChI=1S/C18H18N2O2/c1-21-17-9-8-15(11-18(17)22-2)13-20-16(12-19)10-14-6-4-3-5-7-14/h3-9,11,13,16H,10H2,1-2H3/t16-/m0/s1. The Morgan fingerprint density at radius 2 is 1.82 bits per heavy atom. The summed E-state index contributed by atoms with van der Waals surface area (Å²) in [4.78, 5) is 4.36. The number of methoxy groups -OCH3 is 2. The van der Waals surface area contributed by atoms with E-state index >= 15 is 0 Å². The van der Waals surface area contributed by atoms with Gasteiger partial charge in [0.05, 0.1) is 20.3 Å². The second-order valence-electron chi connectivity index (χ2n) is 4.73. The van der Waals surface area contributed by atoms with E-state index < -0.39 is 6.04 Å². The molecule has 0 radical (unpaired) electrons. The minimum atomic E-state index is -0.407. The Morgan fingerprint density at radius 3 is 2.45 bits per heavy atom. The minimum absolute atomic E-state index is 0.407. The van der Waals surface area contributed by atoms with Gasteiger partial charge >= 0.3 is 0 Å². The van der Waals surface area contributed by atoms with Crippen LogP contribution < -0.4 is 9.47 Å². The topological polar surface area (TPSA) is 54.6 Å². The summed E-state index contributed by atoms with van der Waals surface area (Å²) >= 11 is 0. The number of hydrogen-bond donors (Lipinski definition) is 0. The molecule has 1 atom stereocenters. The fourth-order valence-electron chi connectivity index (χ4n) is 2.08. The van der Waals surface area contributed by atoms with Gasteiger partial charge in [0, 0.05) is 12.6 Å². The molecule has 4 nitrogen and oxygen atoms in total. The zero-order valence-corrected chi connectivity index (χ0v) is 12.7. The van der Waals surface area contributed by atoms with Gasteiger partial charge in [-0.2, -0.15) is 5.26 Å². The third-order valence-electron chi connectivity index (χ3n) is 3.23. The van der Waals surface area contributed by atoms with Crippen LogP contribution in [0.25, 0.3) is 0 Å². The molecule has 2 aromatic rings. The molecule has 2 aromatic carbocycles. The highest BCUT2D eigenvalue weighted by Crippen LogP contribution is 2.26. The molecule has 2 rings (SSSR count). The molecule has 0 fully saturated rings. The Morgan fingerprint density at radius 1 is 1.09 bits per heavy atom. The quantitative estimate of drug-likeness (QED) is 0.768. The maximum absolute atomic E-state index is 9.24. The van der Waals surface area contributed by atoms with E-state index in [0.717, 1.165) is 11.1 Å². The smallest absolute Gasteiger partial charge is 0.161 e. The van der Waals surface area contributed by atoms with Crippen molar-refractivity contribution in [1.29, 1.82) is 5.26 Å². The molecule has 0 amide bonds. The molecule has 0 bridgehead atoms. The summed E-state index contributed by atoms with van der Waals surface area (Å²) in [6, 6.07) is 17.2. The lowest BCUT2D eigenvalue weighted by Crippen LogP contribution is -2.06. The van der Waals surface area contributed by atoms with Gasteiger partial charge in [0.25, 0.3) is 0 Å². The SMILES string of the molecule is COc1ccc(C=N[C@H](C#N)Cc2ccccc2)cc1OC. The Labute approximate surface area is 130 Å². The van der Waals surface area contributed by atoms with Crippen molar-refractivity contribution in [3.8, 4) is 17.6 Å². The molecule has 0 saturated heterocycles. The third kappa shape index (κ3) is 4.10. The van der Waals surface area contributed by atoms with E-state index in [9.17, 15) is 5.26 Å². The van der Waals surface area contributed by atoms with Crippen molar-refractivity contribution in [2.75, 3.05) is 14.2 Å². The van der Waals surface area contributed by atoms with Crippen molar-refractivity contribution < 1.29 is 9.47 Å². The summed E-state index contributed by atoms with van der Waals surface area (Å²) in [7, 11) is 3.18. The monoisotopic (exact) mass is 294 g/mol. The number of benzene rings is 2. The predicted molar refractivity (Wildman–Crippen MR) is 86.7 cm³/mol. The van der Waals surface area contributed by atoms with Gasteiger partial charge in [-0.1, -0.05) is 30.3 Å². The number of ether oxygens (including phenoxy) is 2. The second-order valence-corrected chi connectivity index (χ2v) is 4.73. The van der Waals surface area contributed by atoms with Gasteiger partial charge in [-0.3, -0.25) is 4.99 Å². The van der Waals surface area contributed by atoms with Gasteiger partial charge in [-0.15, -0.1) is 0 Å². The highest BCUT2D eigenvalue weighted by molar-refractivity contribution is 5.81. The van der Waals surface area contributed by atoms with E-state index in [1.54, 1.807) is 20.4 Å². The van der Waals surface area contributed by atoms with Crippen LogP contribution in [0.3, 0.4) is 0 Å². The Bertz CT molecular complexity index is 675. The fraction of sp³-hybridized carbons (Fsp3) is 0.222. The first-order valence-electron chi connectivity index (χ1n) is 6.95. The van der Waals surface area contributed by atoms with Crippen molar-refractivity contribution in [2.45, 2.75) is 12.5 Å². The van der Waals surface area contributed by atoms with Gasteiger partial charge in [0.15, 0.2) is 11.5 Å². The van der Waals surface area contributed by atoms with E-state index in [-0.39, 0.29) is 0 Å². The molecule has 22 heavy (non-hydrogen) atoms. The van der Waals surface area contributed by atoms with Crippen LogP contribution in [-0.4, -0.2) is 26.5 Å². The van der Waals surface area contributed by atoms with E-state index in [0.29, 0.717) is 17.9 Å². The Balaban J connectivity index is 2.11. The van der Waals surface area contributed by atoms with Crippen molar-refractivity contribution in [2.24, 2.45) is 4.99 Å². The Kier molecular flexibility index (Phi) is 5.56. The first-order chi connectivity index (χ1) is 10.8. The molecule has 0 heterocycles. The zero-order valence-electron chi connectivity index (χ0n) is 12.7. The number of aliphatic imine (C=N–C) groups is 1. The normalized spacial score (nSPS) is 11.9. The highest BCUT2D eigenvalue weighted by atomic mass is 16.5. The van der Waals surface area contributed by atoms with Gasteiger partial charge in [0.2, 0.25) is 0 Å². The Hall–Kier alpha value is -2.80. The zero-order chi connectivity index (χ0) is 15.8. The molecule has 0 aliphatic carbocycles. The molecule has 0 saturated carbocycles. The fourth-order valence-corrected chi connectivity index (χ4v) is 2.08. The van der Waals surface area contributed by atoms with E-state index in [4.69, 9.17) is 9.47 Å². The molecule has 0 aliphatic heterocycles. The van der Waals surface area contributed by atoms with Crippen LogP contribution in [0.5, 0.6) is 11.5 Å². The number of nitriles is 1. The van der Waals surface area contributed by atoms with Crippen LogP contribution in [-0.2, 0) is 6.42 Å². The number of nitrogens with zero attached hydrogens (tertiary/aromatic N) is 2. The van der Waals surface area contributed by atoms with Crippen molar-refractivity contribution in [3.05, 3.63) is 59.7 Å². The number of rotatable bonds is 6. The van der Waals surface area contributed by atoms with E-state index in [2.05, 4.69) is 11.1 Å². The van der Waals surface area contributed by atoms with Crippen molar-refractivity contribution >= 4 is 6.21 Å². The average Bonchev–Trinajstić information content (AvgIpc) is 2.59. The predicted octanol–water partition coefficient (Wildman–Crippen LogP) is 3.26. The third-order valence-corrected chi connectivity index (χ3v) is 3.23. The van der Waals surface area contributed by atoms with Crippen LogP contribution >= 0.6 is 0 Å². The summed E-state index contributed by atoms with van der Waals surface area (Å²) in [5.74, 6) is 1.31. The van der Waals surface area contributed by atoms with E-state index in [1.807, 2.05) is 48.5 Å². The van der Waals surface area contributed by atoms with Gasteiger partial charge in [-0.25, -0.2) is 0 Å².